The lowest BCUT2D eigenvalue weighted by molar-refractivity contribution is -0.141. The zero-order valence-electron chi connectivity index (χ0n) is 13.3. The zero-order valence-corrected chi connectivity index (χ0v) is 13.3. The van der Waals surface area contributed by atoms with Gasteiger partial charge in [-0.15, -0.1) is 0 Å². The van der Waals surface area contributed by atoms with Crippen LogP contribution in [0.4, 0.5) is 0 Å². The van der Waals surface area contributed by atoms with E-state index in [9.17, 15) is 9.59 Å². The highest BCUT2D eigenvalue weighted by molar-refractivity contribution is 5.77. The monoisotopic (exact) mass is 303 g/mol. The minimum Gasteiger partial charge on any atom is -0.481 e. The third-order valence-corrected chi connectivity index (χ3v) is 4.43. The molecule has 0 heterocycles. The number of nitrogens with one attached hydrogen (secondary N) is 1. The number of carbonyl (C=O) groups is 2. The fourth-order valence-electron chi connectivity index (χ4n) is 2.96. The highest BCUT2D eigenvalue weighted by Gasteiger charge is 2.30. The molecule has 1 fully saturated rings. The van der Waals surface area contributed by atoms with Crippen molar-refractivity contribution in [1.29, 1.82) is 0 Å². The number of rotatable bonds is 6. The van der Waals surface area contributed by atoms with E-state index in [2.05, 4.69) is 43.4 Å². The molecule has 2 N–H and O–H groups in total. The Labute approximate surface area is 131 Å². The van der Waals surface area contributed by atoms with Gasteiger partial charge in [0.25, 0.3) is 0 Å². The average molecular weight is 303 g/mol. The minimum atomic E-state index is -0.748. The van der Waals surface area contributed by atoms with Crippen molar-refractivity contribution < 1.29 is 14.7 Å². The summed E-state index contributed by atoms with van der Waals surface area (Å²) in [7, 11) is 0. The van der Waals surface area contributed by atoms with Crippen LogP contribution in [0.1, 0.15) is 56.6 Å². The largest absolute Gasteiger partial charge is 0.481 e. The minimum absolute atomic E-state index is 0.0176. The van der Waals surface area contributed by atoms with Crippen LogP contribution in [0.5, 0.6) is 0 Å². The number of hydrogen-bond acceptors (Lipinski definition) is 2. The van der Waals surface area contributed by atoms with Gasteiger partial charge in [-0.1, -0.05) is 38.1 Å². The molecule has 1 amide bonds. The maximum Gasteiger partial charge on any atom is 0.306 e. The summed E-state index contributed by atoms with van der Waals surface area (Å²) in [6.07, 6.45) is 3.17. The van der Waals surface area contributed by atoms with Crippen molar-refractivity contribution in [2.24, 2.45) is 5.92 Å². The molecule has 2 atom stereocenters. The summed E-state index contributed by atoms with van der Waals surface area (Å²) in [6.45, 7) is 4.32. The van der Waals surface area contributed by atoms with Gasteiger partial charge in [-0.2, -0.15) is 0 Å². The second kappa shape index (κ2) is 7.43. The molecule has 1 aromatic carbocycles. The van der Waals surface area contributed by atoms with Gasteiger partial charge in [-0.05, 0) is 42.7 Å². The molecule has 1 aromatic rings. The topological polar surface area (TPSA) is 66.4 Å². The summed E-state index contributed by atoms with van der Waals surface area (Å²) in [5, 5.41) is 11.9. The first kappa shape index (κ1) is 16.5. The smallest absolute Gasteiger partial charge is 0.306 e. The van der Waals surface area contributed by atoms with Crippen molar-refractivity contribution in [3.8, 4) is 0 Å². The lowest BCUT2D eigenvalue weighted by Gasteiger charge is -2.12. The highest BCUT2D eigenvalue weighted by Crippen LogP contribution is 2.25. The van der Waals surface area contributed by atoms with E-state index in [1.54, 1.807) is 0 Å². The molecule has 1 aliphatic carbocycles. The molecule has 0 bridgehead atoms. The number of benzene rings is 1. The number of hydrogen-bond donors (Lipinski definition) is 2. The van der Waals surface area contributed by atoms with Crippen LogP contribution in [-0.4, -0.2) is 23.0 Å². The molecule has 2 rings (SSSR count). The Morgan fingerprint density at radius 3 is 2.45 bits per heavy atom. The first-order chi connectivity index (χ1) is 10.5. The van der Waals surface area contributed by atoms with Gasteiger partial charge >= 0.3 is 5.97 Å². The van der Waals surface area contributed by atoms with Crippen LogP contribution in [0.3, 0.4) is 0 Å². The predicted molar refractivity (Wildman–Crippen MR) is 85.8 cm³/mol. The van der Waals surface area contributed by atoms with E-state index in [0.717, 1.165) is 18.4 Å². The van der Waals surface area contributed by atoms with Crippen molar-refractivity contribution in [3.05, 3.63) is 35.4 Å². The lowest BCUT2D eigenvalue weighted by Crippen LogP contribution is -2.33. The van der Waals surface area contributed by atoms with Crippen molar-refractivity contribution in [1.82, 2.24) is 5.32 Å². The molecule has 0 aromatic heterocycles. The summed E-state index contributed by atoms with van der Waals surface area (Å²) in [5.41, 5.74) is 2.47. The molecular formula is C18H25NO3. The van der Waals surface area contributed by atoms with Crippen LogP contribution in [0.15, 0.2) is 24.3 Å². The molecule has 0 spiro atoms. The van der Waals surface area contributed by atoms with E-state index in [1.807, 2.05) is 0 Å². The zero-order chi connectivity index (χ0) is 16.1. The molecule has 120 valence electrons. The second-order valence-electron chi connectivity index (χ2n) is 6.51. The van der Waals surface area contributed by atoms with Gasteiger partial charge in [0.2, 0.25) is 5.91 Å². The van der Waals surface area contributed by atoms with Crippen molar-refractivity contribution in [3.63, 3.8) is 0 Å². The number of carboxylic acid groups (broad SMARTS) is 1. The number of carbonyl (C=O) groups excluding carboxylic acids is 1. The quantitative estimate of drug-likeness (QED) is 0.848. The second-order valence-corrected chi connectivity index (χ2v) is 6.51. The molecule has 0 aliphatic heterocycles. The van der Waals surface area contributed by atoms with E-state index >= 15 is 0 Å². The first-order valence-corrected chi connectivity index (χ1v) is 8.06. The maximum absolute atomic E-state index is 12.0. The Balaban J connectivity index is 1.75. The van der Waals surface area contributed by atoms with Crippen LogP contribution >= 0.6 is 0 Å². The molecule has 1 saturated carbocycles. The third kappa shape index (κ3) is 4.58. The molecule has 0 radical (unpaired) electrons. The average Bonchev–Trinajstić information content (AvgIpc) is 2.94. The summed E-state index contributed by atoms with van der Waals surface area (Å²) in [5.74, 6) is -0.512. The molecule has 22 heavy (non-hydrogen) atoms. The molecule has 0 saturated heterocycles. The number of amides is 1. The van der Waals surface area contributed by atoms with Gasteiger partial charge in [0.15, 0.2) is 0 Å². The van der Waals surface area contributed by atoms with E-state index in [4.69, 9.17) is 5.11 Å². The Bertz CT molecular complexity index is 522. The summed E-state index contributed by atoms with van der Waals surface area (Å²) < 4.78 is 0. The Hall–Kier alpha value is -1.84. The van der Waals surface area contributed by atoms with E-state index in [-0.39, 0.29) is 17.9 Å². The van der Waals surface area contributed by atoms with Crippen LogP contribution in [-0.2, 0) is 16.0 Å². The van der Waals surface area contributed by atoms with Gasteiger partial charge in [0.05, 0.1) is 5.92 Å². The van der Waals surface area contributed by atoms with Gasteiger partial charge in [0, 0.05) is 12.5 Å². The fourth-order valence-corrected chi connectivity index (χ4v) is 2.96. The predicted octanol–water partition coefficient (Wildman–Crippen LogP) is 3.11. The SMILES string of the molecule is CC(C)c1ccc(CCC(=O)N[C@H]2CC[C@@H](C(=O)O)C2)cc1. The Morgan fingerprint density at radius 2 is 1.91 bits per heavy atom. The summed E-state index contributed by atoms with van der Waals surface area (Å²) in [4.78, 5) is 22.9. The number of aliphatic carboxylic acids is 1. The van der Waals surface area contributed by atoms with Gasteiger partial charge in [0.1, 0.15) is 0 Å². The van der Waals surface area contributed by atoms with Gasteiger partial charge in [-0.3, -0.25) is 9.59 Å². The van der Waals surface area contributed by atoms with E-state index in [0.29, 0.717) is 25.2 Å². The molecular weight excluding hydrogens is 278 g/mol. The molecule has 4 nitrogen and oxygen atoms in total. The number of carboxylic acids is 1. The molecule has 4 heteroatoms. The summed E-state index contributed by atoms with van der Waals surface area (Å²) >= 11 is 0. The van der Waals surface area contributed by atoms with Crippen LogP contribution in [0.2, 0.25) is 0 Å². The van der Waals surface area contributed by atoms with Gasteiger partial charge in [-0.25, -0.2) is 0 Å². The van der Waals surface area contributed by atoms with E-state index < -0.39 is 5.97 Å². The Morgan fingerprint density at radius 1 is 1.23 bits per heavy atom. The lowest BCUT2D eigenvalue weighted by atomic mass is 10.0. The standard InChI is InChI=1S/C18H25NO3/c1-12(2)14-6-3-13(4-7-14)5-10-17(20)19-16-9-8-15(11-16)18(21)22/h3-4,6-7,12,15-16H,5,8-11H2,1-2H3,(H,19,20)(H,21,22)/t15-,16+/m1/s1. The van der Waals surface area contributed by atoms with E-state index in [1.165, 1.54) is 5.56 Å². The van der Waals surface area contributed by atoms with Crippen LogP contribution < -0.4 is 5.32 Å². The van der Waals surface area contributed by atoms with Gasteiger partial charge < -0.3 is 10.4 Å². The summed E-state index contributed by atoms with van der Waals surface area (Å²) in [6, 6.07) is 8.42. The number of aryl methyl sites for hydroxylation is 1. The first-order valence-electron chi connectivity index (χ1n) is 8.06. The van der Waals surface area contributed by atoms with Crippen LogP contribution in [0.25, 0.3) is 0 Å². The molecule has 1 aliphatic rings. The maximum atomic E-state index is 12.0. The Kier molecular flexibility index (Phi) is 5.58. The van der Waals surface area contributed by atoms with Crippen molar-refractivity contribution in [2.75, 3.05) is 0 Å². The third-order valence-electron chi connectivity index (χ3n) is 4.43. The highest BCUT2D eigenvalue weighted by atomic mass is 16.4. The normalized spacial score (nSPS) is 21.0. The van der Waals surface area contributed by atoms with Crippen molar-refractivity contribution in [2.45, 2.75) is 57.9 Å². The van der Waals surface area contributed by atoms with Crippen molar-refractivity contribution >= 4 is 11.9 Å². The van der Waals surface area contributed by atoms with Crippen LogP contribution in [0, 0.1) is 5.92 Å². The fraction of sp³-hybridized carbons (Fsp3) is 0.556. The molecule has 0 unspecified atom stereocenters.